The van der Waals surface area contributed by atoms with Gasteiger partial charge in [-0.3, -0.25) is 0 Å². The lowest BCUT2D eigenvalue weighted by Crippen LogP contribution is -2.38. The molecular weight excluding hydrogens is 571 g/mol. The van der Waals surface area contributed by atoms with Gasteiger partial charge in [-0.2, -0.15) is 31.4 Å². The molecule has 0 unspecified atom stereocenters. The highest BCUT2D eigenvalue weighted by atomic mass is 19.4. The van der Waals surface area contributed by atoms with Crippen LogP contribution < -0.4 is 14.7 Å². The molecule has 42 heavy (non-hydrogen) atoms. The van der Waals surface area contributed by atoms with E-state index in [-0.39, 0.29) is 30.3 Å². The summed E-state index contributed by atoms with van der Waals surface area (Å²) in [6.45, 7) is 2.47. The minimum Gasteiger partial charge on any atom is -0.424 e. The molecule has 0 aliphatic carbocycles. The molecule has 0 aliphatic rings. The van der Waals surface area contributed by atoms with Crippen LogP contribution in [0.1, 0.15) is 35.0 Å². The van der Waals surface area contributed by atoms with Gasteiger partial charge in [0.25, 0.3) is 0 Å². The summed E-state index contributed by atoms with van der Waals surface area (Å²) < 4.78 is 100. The Labute approximate surface area is 233 Å². The third-order valence-electron chi connectivity index (χ3n) is 6.42. The van der Waals surface area contributed by atoms with Crippen molar-refractivity contribution < 1.29 is 40.2 Å². The number of halogens is 7. The van der Waals surface area contributed by atoms with E-state index in [2.05, 4.69) is 25.4 Å². The molecule has 2 aromatic carbocycles. The molecule has 0 spiro atoms. The topological polar surface area (TPSA) is 84.5 Å². The third-order valence-corrected chi connectivity index (χ3v) is 6.42. The third kappa shape index (κ3) is 6.14. The second-order valence-corrected chi connectivity index (χ2v) is 9.36. The summed E-state index contributed by atoms with van der Waals surface area (Å²) >= 11 is 0. The molecule has 2 N–H and O–H groups in total. The Balaban J connectivity index is 1.28. The predicted octanol–water partition coefficient (Wildman–Crippen LogP) is 6.17. The molecule has 3 heterocycles. The molecule has 5 aromatic rings. The summed E-state index contributed by atoms with van der Waals surface area (Å²) in [6.07, 6.45) is -7.67. The van der Waals surface area contributed by atoms with Gasteiger partial charge in [0.2, 0.25) is 5.95 Å². The summed E-state index contributed by atoms with van der Waals surface area (Å²) in [4.78, 5) is 11.6. The standard InChI is InChI=1S/C27H22F7N7O/c1-3-41-22-9-15(8-18-10-23(27(32,33)34)40(2)39-18)4-7-21(22)38-24(41)35-12-16-5-6-19(11-20(16)28)42-25-36-13-17(14-37-25)26(29,30)31/h4-7,9-11,13-14H,3,8,12H2,1-2H3,(H,35,38)/p+1. The first-order valence-electron chi connectivity index (χ1n) is 12.6. The number of hydrogen-bond acceptors (Lipinski definition) is 5. The lowest BCUT2D eigenvalue weighted by atomic mass is 10.1. The molecule has 0 fully saturated rings. The van der Waals surface area contributed by atoms with Crippen molar-refractivity contribution >= 4 is 17.0 Å². The normalized spacial score (nSPS) is 12.2. The van der Waals surface area contributed by atoms with Gasteiger partial charge in [0.15, 0.2) is 7.05 Å². The van der Waals surface area contributed by atoms with Crippen molar-refractivity contribution in [2.75, 3.05) is 5.32 Å². The van der Waals surface area contributed by atoms with E-state index in [0.29, 0.717) is 36.1 Å². The van der Waals surface area contributed by atoms with Gasteiger partial charge in [-0.1, -0.05) is 12.1 Å². The van der Waals surface area contributed by atoms with Gasteiger partial charge >= 0.3 is 24.1 Å². The molecule has 0 saturated heterocycles. The number of benzene rings is 2. The van der Waals surface area contributed by atoms with Crippen LogP contribution in [0.4, 0.5) is 36.7 Å². The monoisotopic (exact) mass is 594 g/mol. The average molecular weight is 595 g/mol. The van der Waals surface area contributed by atoms with Crippen molar-refractivity contribution in [3.8, 4) is 11.8 Å². The van der Waals surface area contributed by atoms with Crippen LogP contribution in [0.15, 0.2) is 54.9 Å². The number of nitrogens with zero attached hydrogens (tertiary/aromatic N) is 5. The molecular formula is C27H23F7N7O+. The van der Waals surface area contributed by atoms with E-state index in [9.17, 15) is 30.7 Å². The number of fused-ring (bicyclic) bond motifs is 1. The van der Waals surface area contributed by atoms with Crippen LogP contribution in [-0.4, -0.2) is 24.6 Å². The highest BCUT2D eigenvalue weighted by Crippen LogP contribution is 2.30. The Morgan fingerprint density at radius 1 is 0.976 bits per heavy atom. The number of aromatic nitrogens is 6. The maximum absolute atomic E-state index is 14.8. The van der Waals surface area contributed by atoms with Crippen LogP contribution >= 0.6 is 0 Å². The largest absolute Gasteiger partial charge is 0.479 e. The average Bonchev–Trinajstić information content (AvgIpc) is 3.47. The number of alkyl halides is 6. The quantitative estimate of drug-likeness (QED) is 0.166. The van der Waals surface area contributed by atoms with Gasteiger partial charge in [0.1, 0.15) is 11.6 Å². The molecule has 0 amide bonds. The first-order chi connectivity index (χ1) is 19.8. The van der Waals surface area contributed by atoms with Crippen molar-refractivity contribution in [1.29, 1.82) is 0 Å². The van der Waals surface area contributed by atoms with Gasteiger partial charge in [-0.15, -0.1) is 4.68 Å². The van der Waals surface area contributed by atoms with E-state index in [1.165, 1.54) is 19.2 Å². The zero-order valence-electron chi connectivity index (χ0n) is 22.1. The van der Waals surface area contributed by atoms with Crippen LogP contribution in [0.3, 0.4) is 0 Å². The second-order valence-electron chi connectivity index (χ2n) is 9.36. The summed E-state index contributed by atoms with van der Waals surface area (Å²) in [5.41, 5.74) is 1.04. The number of anilines is 1. The SMILES string of the molecule is CCn1c(NCc2ccc(Oc3ncc(C(F)(F)F)cn3)cc2F)nc2ccc(Cc3cc(C(F)(F)F)[n+](C)[nH]3)cc21. The second kappa shape index (κ2) is 10.9. The zero-order valence-corrected chi connectivity index (χ0v) is 22.1. The molecule has 5 rings (SSSR count). The summed E-state index contributed by atoms with van der Waals surface area (Å²) in [7, 11) is 1.30. The maximum Gasteiger partial charge on any atom is 0.479 e. The Morgan fingerprint density at radius 3 is 2.33 bits per heavy atom. The highest BCUT2D eigenvalue weighted by molar-refractivity contribution is 5.79. The lowest BCUT2D eigenvalue weighted by Gasteiger charge is -2.11. The summed E-state index contributed by atoms with van der Waals surface area (Å²) in [6, 6.07) is 10.1. The number of aromatic amines is 1. The lowest BCUT2D eigenvalue weighted by molar-refractivity contribution is -0.743. The Bertz CT molecular complexity index is 1720. The maximum atomic E-state index is 14.8. The van der Waals surface area contributed by atoms with Crippen LogP contribution in [0.2, 0.25) is 0 Å². The van der Waals surface area contributed by atoms with E-state index in [0.717, 1.165) is 27.9 Å². The number of aryl methyl sites for hydroxylation is 2. The molecule has 220 valence electrons. The molecule has 0 aliphatic heterocycles. The van der Waals surface area contributed by atoms with Crippen molar-refractivity contribution in [3.05, 3.63) is 88.8 Å². The first kappa shape index (κ1) is 28.8. The number of ether oxygens (including phenoxy) is 1. The highest BCUT2D eigenvalue weighted by Gasteiger charge is 2.41. The molecule has 8 nitrogen and oxygen atoms in total. The predicted molar refractivity (Wildman–Crippen MR) is 136 cm³/mol. The van der Waals surface area contributed by atoms with Crippen LogP contribution in [0, 0.1) is 5.82 Å². The fourth-order valence-electron chi connectivity index (χ4n) is 4.42. The van der Waals surface area contributed by atoms with Crippen molar-refractivity contribution in [3.63, 3.8) is 0 Å². The molecule has 0 atom stereocenters. The Morgan fingerprint density at radius 2 is 1.71 bits per heavy atom. The van der Waals surface area contributed by atoms with Crippen molar-refractivity contribution in [1.82, 2.24) is 24.6 Å². The van der Waals surface area contributed by atoms with E-state index in [4.69, 9.17) is 4.74 Å². The Hall–Kier alpha value is -4.69. The fourth-order valence-corrected chi connectivity index (χ4v) is 4.42. The Kier molecular flexibility index (Phi) is 7.51. The minimum absolute atomic E-state index is 0.00218. The zero-order chi connectivity index (χ0) is 30.2. The molecule has 0 radical (unpaired) electrons. The van der Waals surface area contributed by atoms with E-state index < -0.39 is 29.4 Å². The first-order valence-corrected chi connectivity index (χ1v) is 12.6. The molecule has 0 saturated carbocycles. The van der Waals surface area contributed by atoms with E-state index >= 15 is 0 Å². The van der Waals surface area contributed by atoms with Gasteiger partial charge < -0.3 is 14.6 Å². The van der Waals surface area contributed by atoms with Crippen LogP contribution in [0.25, 0.3) is 11.0 Å². The van der Waals surface area contributed by atoms with Gasteiger partial charge in [0.05, 0.1) is 22.3 Å². The van der Waals surface area contributed by atoms with E-state index in [1.807, 2.05) is 17.6 Å². The van der Waals surface area contributed by atoms with Crippen LogP contribution in [-0.2, 0) is 38.9 Å². The van der Waals surface area contributed by atoms with Crippen molar-refractivity contribution in [2.45, 2.75) is 38.8 Å². The van der Waals surface area contributed by atoms with Gasteiger partial charge in [0, 0.05) is 49.6 Å². The number of H-pyrrole nitrogens is 1. The van der Waals surface area contributed by atoms with Crippen molar-refractivity contribution in [2.24, 2.45) is 7.05 Å². The number of imidazole rings is 1. The van der Waals surface area contributed by atoms with Gasteiger partial charge in [-0.05, 0) is 30.7 Å². The minimum atomic E-state index is -4.59. The molecule has 15 heteroatoms. The molecule has 3 aromatic heterocycles. The number of rotatable bonds is 8. The fraction of sp³-hybridized carbons (Fsp3) is 0.259. The summed E-state index contributed by atoms with van der Waals surface area (Å²) in [5, 5.41) is 5.82. The van der Waals surface area contributed by atoms with Gasteiger partial charge in [-0.25, -0.2) is 19.3 Å². The molecule has 0 bridgehead atoms. The van der Waals surface area contributed by atoms with E-state index in [1.54, 1.807) is 12.1 Å². The number of nitrogens with one attached hydrogen (secondary N) is 2. The summed E-state index contributed by atoms with van der Waals surface area (Å²) in [5.74, 6) is -0.166. The van der Waals surface area contributed by atoms with Crippen LogP contribution in [0.5, 0.6) is 11.8 Å². The number of hydrogen-bond donors (Lipinski definition) is 2. The smallest absolute Gasteiger partial charge is 0.424 e.